The highest BCUT2D eigenvalue weighted by Gasteiger charge is 2.06. The molecule has 0 radical (unpaired) electrons. The maximum absolute atomic E-state index is 7.98. The highest BCUT2D eigenvalue weighted by molar-refractivity contribution is 6.83. The van der Waals surface area contributed by atoms with Gasteiger partial charge in [-0.15, -0.1) is 11.5 Å². The molecule has 0 aromatic heterocycles. The lowest BCUT2D eigenvalue weighted by molar-refractivity contribution is 0.863. The van der Waals surface area contributed by atoms with E-state index in [-0.39, 0.29) is 0 Å². The van der Waals surface area contributed by atoms with Gasteiger partial charge in [0.1, 0.15) is 8.07 Å². The van der Waals surface area contributed by atoms with E-state index in [0.717, 1.165) is 12.8 Å². The summed E-state index contributed by atoms with van der Waals surface area (Å²) in [5.41, 5.74) is 11.2. The Hall–Kier alpha value is -0.913. The fraction of sp³-hybridized carbons (Fsp3) is 0.750. The SMILES string of the molecule is C[Si](C)(C)C#CCCCN=[N+]=[N-]. The van der Waals surface area contributed by atoms with E-state index in [9.17, 15) is 0 Å². The third-order valence-electron chi connectivity index (χ3n) is 1.09. The van der Waals surface area contributed by atoms with Crippen LogP contribution in [0.25, 0.3) is 10.4 Å². The maximum atomic E-state index is 7.98. The van der Waals surface area contributed by atoms with Crippen LogP contribution < -0.4 is 0 Å². The van der Waals surface area contributed by atoms with Gasteiger partial charge in [0, 0.05) is 17.9 Å². The van der Waals surface area contributed by atoms with Gasteiger partial charge in [0.2, 0.25) is 0 Å². The molecule has 0 aromatic carbocycles. The second kappa shape index (κ2) is 5.70. The predicted octanol–water partition coefficient (Wildman–Crippen LogP) is 2.96. The Morgan fingerprint density at radius 3 is 2.58 bits per heavy atom. The second-order valence-corrected chi connectivity index (χ2v) is 8.36. The molecule has 0 N–H and O–H groups in total. The van der Waals surface area contributed by atoms with Gasteiger partial charge in [0.05, 0.1) is 0 Å². The minimum atomic E-state index is -1.19. The molecule has 0 spiro atoms. The van der Waals surface area contributed by atoms with Gasteiger partial charge in [0.25, 0.3) is 0 Å². The fourth-order valence-corrected chi connectivity index (χ4v) is 1.27. The summed E-state index contributed by atoms with van der Waals surface area (Å²) in [6, 6.07) is 0. The first kappa shape index (κ1) is 11.1. The molecule has 0 unspecified atom stereocenters. The molecule has 0 fully saturated rings. The van der Waals surface area contributed by atoms with Crippen LogP contribution in [0.15, 0.2) is 5.11 Å². The Kier molecular flexibility index (Phi) is 5.27. The first-order valence-electron chi connectivity index (χ1n) is 4.07. The van der Waals surface area contributed by atoms with E-state index in [0.29, 0.717) is 6.54 Å². The van der Waals surface area contributed by atoms with Crippen LogP contribution in [0.5, 0.6) is 0 Å². The highest BCUT2D eigenvalue weighted by Crippen LogP contribution is 1.97. The van der Waals surface area contributed by atoms with Crippen molar-refractivity contribution in [3.05, 3.63) is 10.4 Å². The number of nitrogens with zero attached hydrogens (tertiary/aromatic N) is 3. The van der Waals surface area contributed by atoms with E-state index in [1.165, 1.54) is 0 Å². The van der Waals surface area contributed by atoms with Crippen molar-refractivity contribution in [3.8, 4) is 11.5 Å². The standard InChI is InChI=1S/C8H15N3Si/c1-12(2,3)8-6-4-5-7-10-11-9/h4-5,7H2,1-3H3. The average Bonchev–Trinajstić information content (AvgIpc) is 1.94. The molecule has 0 aliphatic heterocycles. The van der Waals surface area contributed by atoms with E-state index >= 15 is 0 Å². The summed E-state index contributed by atoms with van der Waals surface area (Å²) in [6.45, 7) is 7.21. The number of rotatable bonds is 3. The van der Waals surface area contributed by atoms with Gasteiger partial charge in [-0.2, -0.15) is 0 Å². The molecule has 0 bridgehead atoms. The van der Waals surface area contributed by atoms with Crippen LogP contribution in [0, 0.1) is 11.5 Å². The molecule has 4 heteroatoms. The molecule has 66 valence electrons. The van der Waals surface area contributed by atoms with Gasteiger partial charge in [-0.25, -0.2) is 0 Å². The molecule has 0 aliphatic carbocycles. The van der Waals surface area contributed by atoms with E-state index in [2.05, 4.69) is 41.1 Å². The molecule has 0 aliphatic rings. The Bertz CT molecular complexity index is 225. The lowest BCUT2D eigenvalue weighted by Crippen LogP contribution is -2.16. The van der Waals surface area contributed by atoms with Crippen molar-refractivity contribution in [2.75, 3.05) is 6.54 Å². The van der Waals surface area contributed by atoms with E-state index in [1.54, 1.807) is 0 Å². The maximum Gasteiger partial charge on any atom is 0.129 e. The van der Waals surface area contributed by atoms with Crippen molar-refractivity contribution in [2.45, 2.75) is 32.5 Å². The highest BCUT2D eigenvalue weighted by atomic mass is 28.3. The van der Waals surface area contributed by atoms with Gasteiger partial charge in [0.15, 0.2) is 0 Å². The molecule has 0 amide bonds. The summed E-state index contributed by atoms with van der Waals surface area (Å²) < 4.78 is 0. The zero-order valence-corrected chi connectivity index (χ0v) is 8.96. The summed E-state index contributed by atoms with van der Waals surface area (Å²) in [7, 11) is -1.19. The molecule has 0 heterocycles. The van der Waals surface area contributed by atoms with Crippen molar-refractivity contribution in [1.29, 1.82) is 0 Å². The topological polar surface area (TPSA) is 48.8 Å². The molecular formula is C8H15N3Si. The van der Waals surface area contributed by atoms with Crippen molar-refractivity contribution < 1.29 is 0 Å². The number of azide groups is 1. The van der Waals surface area contributed by atoms with E-state index in [4.69, 9.17) is 5.53 Å². The van der Waals surface area contributed by atoms with Crippen molar-refractivity contribution in [2.24, 2.45) is 5.11 Å². The Morgan fingerprint density at radius 1 is 1.42 bits per heavy atom. The van der Waals surface area contributed by atoms with Crippen molar-refractivity contribution in [1.82, 2.24) is 0 Å². The lowest BCUT2D eigenvalue weighted by atomic mass is 10.3. The Labute approximate surface area is 74.8 Å². The van der Waals surface area contributed by atoms with Crippen LogP contribution in [-0.2, 0) is 0 Å². The summed E-state index contributed by atoms with van der Waals surface area (Å²) in [5.74, 6) is 3.11. The largest absolute Gasteiger partial charge is 0.132 e. The van der Waals surface area contributed by atoms with E-state index in [1.807, 2.05) is 0 Å². The molecule has 12 heavy (non-hydrogen) atoms. The zero-order chi connectivity index (χ0) is 9.45. The minimum Gasteiger partial charge on any atom is -0.132 e. The van der Waals surface area contributed by atoms with Crippen LogP contribution in [0.1, 0.15) is 12.8 Å². The minimum absolute atomic E-state index is 0.566. The van der Waals surface area contributed by atoms with Crippen LogP contribution in [0.2, 0.25) is 19.6 Å². The first-order chi connectivity index (χ1) is 5.56. The van der Waals surface area contributed by atoms with Gasteiger partial charge in [-0.3, -0.25) is 0 Å². The quantitative estimate of drug-likeness (QED) is 0.160. The number of hydrogen-bond donors (Lipinski definition) is 0. The monoisotopic (exact) mass is 181 g/mol. The predicted molar refractivity (Wildman–Crippen MR) is 54.4 cm³/mol. The normalized spacial score (nSPS) is 9.58. The second-order valence-electron chi connectivity index (χ2n) is 3.61. The Morgan fingerprint density at radius 2 is 2.08 bits per heavy atom. The molecule has 3 nitrogen and oxygen atoms in total. The van der Waals surface area contributed by atoms with Gasteiger partial charge in [-0.1, -0.05) is 24.8 Å². The summed E-state index contributed by atoms with van der Waals surface area (Å²) in [6.07, 6.45) is 1.73. The van der Waals surface area contributed by atoms with Gasteiger partial charge in [-0.05, 0) is 12.0 Å². The first-order valence-corrected chi connectivity index (χ1v) is 7.57. The smallest absolute Gasteiger partial charge is 0.129 e. The van der Waals surface area contributed by atoms with Crippen LogP contribution >= 0.6 is 0 Å². The van der Waals surface area contributed by atoms with E-state index < -0.39 is 8.07 Å². The summed E-state index contributed by atoms with van der Waals surface area (Å²) >= 11 is 0. The third-order valence-corrected chi connectivity index (χ3v) is 2.01. The number of hydrogen-bond acceptors (Lipinski definition) is 1. The zero-order valence-electron chi connectivity index (χ0n) is 7.96. The van der Waals surface area contributed by atoms with Crippen molar-refractivity contribution in [3.63, 3.8) is 0 Å². The average molecular weight is 181 g/mol. The fourth-order valence-electron chi connectivity index (χ4n) is 0.611. The molecule has 0 aromatic rings. The molecule has 0 saturated heterocycles. The van der Waals surface area contributed by atoms with Crippen LogP contribution in [-0.4, -0.2) is 14.6 Å². The third kappa shape index (κ3) is 9.09. The molecule has 0 rings (SSSR count). The summed E-state index contributed by atoms with van der Waals surface area (Å²) in [4.78, 5) is 2.67. The Balaban J connectivity index is 3.53. The molecular weight excluding hydrogens is 166 g/mol. The van der Waals surface area contributed by atoms with Crippen molar-refractivity contribution >= 4 is 8.07 Å². The van der Waals surface area contributed by atoms with Crippen LogP contribution in [0.3, 0.4) is 0 Å². The lowest BCUT2D eigenvalue weighted by Gasteiger charge is -2.02. The van der Waals surface area contributed by atoms with Gasteiger partial charge < -0.3 is 0 Å². The summed E-state index contributed by atoms with van der Waals surface area (Å²) in [5, 5.41) is 3.43. The molecule has 0 atom stereocenters. The molecule has 0 saturated carbocycles. The van der Waals surface area contributed by atoms with Gasteiger partial charge >= 0.3 is 0 Å². The number of unbranched alkanes of at least 4 members (excludes halogenated alkanes) is 1. The van der Waals surface area contributed by atoms with Crippen LogP contribution in [0.4, 0.5) is 0 Å².